The standard InChI is InChI=1S/C15H18N4O4S2/c1-25(21,22)19(11-13(20)18-7-9-23-10-8-18)15-16-14(17-24-15)12-5-3-2-4-6-12/h2-6H,7-11H2,1H3. The summed E-state index contributed by atoms with van der Waals surface area (Å²) in [7, 11) is -3.66. The first-order chi connectivity index (χ1) is 11.9. The quantitative estimate of drug-likeness (QED) is 0.760. The number of sulfonamides is 1. The van der Waals surface area contributed by atoms with Crippen molar-refractivity contribution in [1.29, 1.82) is 0 Å². The van der Waals surface area contributed by atoms with Gasteiger partial charge >= 0.3 is 0 Å². The fourth-order valence-electron chi connectivity index (χ4n) is 2.38. The summed E-state index contributed by atoms with van der Waals surface area (Å²) < 4.78 is 34.8. The molecule has 0 atom stereocenters. The van der Waals surface area contributed by atoms with Crippen LogP contribution in [-0.2, 0) is 19.6 Å². The fraction of sp³-hybridized carbons (Fsp3) is 0.400. The lowest BCUT2D eigenvalue weighted by Crippen LogP contribution is -2.47. The van der Waals surface area contributed by atoms with Gasteiger partial charge in [0.15, 0.2) is 5.82 Å². The highest BCUT2D eigenvalue weighted by molar-refractivity contribution is 7.92. The fourth-order valence-corrected chi connectivity index (χ4v) is 4.16. The van der Waals surface area contributed by atoms with Crippen molar-refractivity contribution in [3.63, 3.8) is 0 Å². The lowest BCUT2D eigenvalue weighted by Gasteiger charge is -2.29. The summed E-state index contributed by atoms with van der Waals surface area (Å²) in [4.78, 5) is 18.3. The van der Waals surface area contributed by atoms with Crippen molar-refractivity contribution < 1.29 is 17.9 Å². The van der Waals surface area contributed by atoms with Crippen LogP contribution in [0.1, 0.15) is 0 Å². The number of nitrogens with zero attached hydrogens (tertiary/aromatic N) is 4. The van der Waals surface area contributed by atoms with Crippen LogP contribution >= 0.6 is 11.5 Å². The summed E-state index contributed by atoms with van der Waals surface area (Å²) in [5.74, 6) is 0.165. The van der Waals surface area contributed by atoms with E-state index in [9.17, 15) is 13.2 Å². The van der Waals surface area contributed by atoms with E-state index in [-0.39, 0.29) is 17.6 Å². The van der Waals surface area contributed by atoms with Gasteiger partial charge in [-0.05, 0) is 0 Å². The molecule has 0 radical (unpaired) electrons. The highest BCUT2D eigenvalue weighted by Gasteiger charge is 2.27. The van der Waals surface area contributed by atoms with E-state index in [1.807, 2.05) is 30.3 Å². The van der Waals surface area contributed by atoms with E-state index in [0.717, 1.165) is 27.7 Å². The molecule has 1 aromatic carbocycles. The Morgan fingerprint density at radius 3 is 2.60 bits per heavy atom. The number of ether oxygens (including phenoxy) is 1. The molecule has 2 heterocycles. The monoisotopic (exact) mass is 382 g/mol. The first-order valence-corrected chi connectivity index (χ1v) is 10.3. The molecule has 0 aliphatic carbocycles. The van der Waals surface area contributed by atoms with Gasteiger partial charge in [-0.3, -0.25) is 4.79 Å². The number of hydrogen-bond donors (Lipinski definition) is 0. The molecular weight excluding hydrogens is 364 g/mol. The van der Waals surface area contributed by atoms with Crippen LogP contribution in [0.5, 0.6) is 0 Å². The lowest BCUT2D eigenvalue weighted by atomic mass is 10.2. The largest absolute Gasteiger partial charge is 0.378 e. The highest BCUT2D eigenvalue weighted by Crippen LogP contribution is 2.25. The molecule has 25 heavy (non-hydrogen) atoms. The van der Waals surface area contributed by atoms with Crippen LogP contribution in [0, 0.1) is 0 Å². The highest BCUT2D eigenvalue weighted by atomic mass is 32.2. The van der Waals surface area contributed by atoms with Gasteiger partial charge in [-0.2, -0.15) is 9.36 Å². The van der Waals surface area contributed by atoms with Crippen LogP contribution < -0.4 is 4.31 Å². The zero-order valence-corrected chi connectivity index (χ0v) is 15.3. The van der Waals surface area contributed by atoms with Crippen LogP contribution in [0.4, 0.5) is 5.13 Å². The number of hydrogen-bond acceptors (Lipinski definition) is 7. The van der Waals surface area contributed by atoms with Crippen molar-refractivity contribution in [3.05, 3.63) is 30.3 Å². The number of aromatic nitrogens is 2. The topological polar surface area (TPSA) is 92.7 Å². The Morgan fingerprint density at radius 1 is 1.28 bits per heavy atom. The maximum Gasteiger partial charge on any atom is 0.243 e. The third kappa shape index (κ3) is 4.33. The molecule has 0 saturated carbocycles. The second-order valence-electron chi connectivity index (χ2n) is 5.53. The number of carbonyl (C=O) groups is 1. The Bertz CT molecular complexity index is 832. The molecule has 1 amide bonds. The zero-order valence-electron chi connectivity index (χ0n) is 13.7. The van der Waals surface area contributed by atoms with E-state index >= 15 is 0 Å². The third-order valence-corrected chi connectivity index (χ3v) is 5.66. The van der Waals surface area contributed by atoms with Gasteiger partial charge < -0.3 is 9.64 Å². The molecule has 1 aliphatic rings. The number of carbonyl (C=O) groups excluding carboxylic acids is 1. The zero-order chi connectivity index (χ0) is 17.9. The van der Waals surface area contributed by atoms with Crippen LogP contribution in [0.15, 0.2) is 30.3 Å². The van der Waals surface area contributed by atoms with Gasteiger partial charge in [-0.25, -0.2) is 12.7 Å². The molecule has 3 rings (SSSR count). The van der Waals surface area contributed by atoms with E-state index < -0.39 is 10.0 Å². The minimum absolute atomic E-state index is 0.183. The van der Waals surface area contributed by atoms with Gasteiger partial charge in [0.2, 0.25) is 21.1 Å². The molecule has 0 bridgehead atoms. The molecule has 1 aliphatic heterocycles. The summed E-state index contributed by atoms with van der Waals surface area (Å²) in [6, 6.07) is 9.27. The molecule has 1 aromatic heterocycles. The summed E-state index contributed by atoms with van der Waals surface area (Å²) >= 11 is 0.958. The summed E-state index contributed by atoms with van der Waals surface area (Å²) in [5.41, 5.74) is 0.790. The summed E-state index contributed by atoms with van der Waals surface area (Å²) in [5, 5.41) is 0.183. The smallest absolute Gasteiger partial charge is 0.243 e. The Labute approximate surface area is 150 Å². The maximum absolute atomic E-state index is 12.4. The molecule has 0 N–H and O–H groups in total. The average molecular weight is 382 g/mol. The molecule has 134 valence electrons. The minimum Gasteiger partial charge on any atom is -0.378 e. The van der Waals surface area contributed by atoms with Gasteiger partial charge in [-0.1, -0.05) is 30.3 Å². The molecule has 0 spiro atoms. The minimum atomic E-state index is -3.66. The van der Waals surface area contributed by atoms with Crippen LogP contribution in [0.3, 0.4) is 0 Å². The van der Waals surface area contributed by atoms with Crippen molar-refractivity contribution in [2.24, 2.45) is 0 Å². The number of amides is 1. The van der Waals surface area contributed by atoms with Crippen molar-refractivity contribution in [2.75, 3.05) is 43.4 Å². The molecule has 10 heteroatoms. The molecule has 0 unspecified atom stereocenters. The number of rotatable bonds is 5. The molecular formula is C15H18N4O4S2. The van der Waals surface area contributed by atoms with Gasteiger partial charge in [0.1, 0.15) is 6.54 Å². The van der Waals surface area contributed by atoms with E-state index in [1.165, 1.54) is 0 Å². The molecule has 2 aromatic rings. The maximum atomic E-state index is 12.4. The predicted octanol–water partition coefficient (Wildman–Crippen LogP) is 0.830. The average Bonchev–Trinajstić information content (AvgIpc) is 3.09. The van der Waals surface area contributed by atoms with Crippen molar-refractivity contribution >= 4 is 32.6 Å². The van der Waals surface area contributed by atoms with Crippen LogP contribution in [0.25, 0.3) is 11.4 Å². The van der Waals surface area contributed by atoms with Crippen LogP contribution in [0.2, 0.25) is 0 Å². The van der Waals surface area contributed by atoms with Crippen LogP contribution in [-0.4, -0.2) is 67.7 Å². The van der Waals surface area contributed by atoms with E-state index in [1.54, 1.807) is 4.90 Å². The second kappa shape index (κ2) is 7.46. The first-order valence-electron chi connectivity index (χ1n) is 7.67. The van der Waals surface area contributed by atoms with Gasteiger partial charge in [0, 0.05) is 30.2 Å². The first kappa shape index (κ1) is 17.8. The molecule has 1 saturated heterocycles. The number of morpholine rings is 1. The van der Waals surface area contributed by atoms with Gasteiger partial charge in [-0.15, -0.1) is 0 Å². The Hall–Kier alpha value is -2.04. The van der Waals surface area contributed by atoms with Gasteiger partial charge in [0.05, 0.1) is 19.5 Å². The molecule has 8 nitrogen and oxygen atoms in total. The van der Waals surface area contributed by atoms with Crippen molar-refractivity contribution in [1.82, 2.24) is 14.3 Å². The predicted molar refractivity (Wildman–Crippen MR) is 94.9 cm³/mol. The lowest BCUT2D eigenvalue weighted by molar-refractivity contribution is -0.133. The van der Waals surface area contributed by atoms with E-state index in [0.29, 0.717) is 32.1 Å². The number of anilines is 1. The van der Waals surface area contributed by atoms with E-state index in [4.69, 9.17) is 4.74 Å². The Morgan fingerprint density at radius 2 is 1.96 bits per heavy atom. The third-order valence-electron chi connectivity index (χ3n) is 3.70. The van der Waals surface area contributed by atoms with E-state index in [2.05, 4.69) is 9.36 Å². The van der Waals surface area contributed by atoms with Crippen molar-refractivity contribution in [3.8, 4) is 11.4 Å². The Balaban J connectivity index is 1.82. The summed E-state index contributed by atoms with van der Waals surface area (Å²) in [6.07, 6.45) is 1.06. The normalized spacial score (nSPS) is 15.2. The molecule has 1 fully saturated rings. The SMILES string of the molecule is CS(=O)(=O)N(CC(=O)N1CCOCC1)c1nc(-c2ccccc2)ns1. The Kier molecular flexibility index (Phi) is 5.30. The van der Waals surface area contributed by atoms with Gasteiger partial charge in [0.25, 0.3) is 0 Å². The number of benzene rings is 1. The second-order valence-corrected chi connectivity index (χ2v) is 8.17. The summed E-state index contributed by atoms with van der Waals surface area (Å²) in [6.45, 7) is 1.55. The van der Waals surface area contributed by atoms with Crippen molar-refractivity contribution in [2.45, 2.75) is 0 Å².